The number of benzene rings is 1. The van der Waals surface area contributed by atoms with Gasteiger partial charge in [-0.2, -0.15) is 0 Å². The van der Waals surface area contributed by atoms with Crippen LogP contribution in [0.25, 0.3) is 0 Å². The highest BCUT2D eigenvalue weighted by atomic mass is 16.2. The van der Waals surface area contributed by atoms with Crippen LogP contribution in [0.5, 0.6) is 0 Å². The first-order valence-corrected chi connectivity index (χ1v) is 12.2. The number of hydrogen-bond donors (Lipinski definition) is 2. The zero-order valence-electron chi connectivity index (χ0n) is 18.7. The number of nitrogens with one attached hydrogen (secondary N) is 2. The number of amides is 2. The second kappa shape index (κ2) is 8.91. The lowest BCUT2D eigenvalue weighted by atomic mass is 10.0. The molecule has 0 bridgehead atoms. The van der Waals surface area contributed by atoms with Gasteiger partial charge in [0.25, 0.3) is 11.8 Å². The van der Waals surface area contributed by atoms with Crippen LogP contribution in [-0.4, -0.2) is 73.0 Å². The van der Waals surface area contributed by atoms with E-state index in [2.05, 4.69) is 20.4 Å². The molecule has 2 amide bonds. The molecule has 1 aromatic carbocycles. The summed E-state index contributed by atoms with van der Waals surface area (Å²) in [5, 5.41) is 6.39. The third-order valence-electron chi connectivity index (χ3n) is 7.24. The van der Waals surface area contributed by atoms with Gasteiger partial charge in [-0.05, 0) is 81.0 Å². The summed E-state index contributed by atoms with van der Waals surface area (Å²) in [6.45, 7) is 8.35. The van der Waals surface area contributed by atoms with E-state index in [4.69, 9.17) is 0 Å². The van der Waals surface area contributed by atoms with Crippen molar-refractivity contribution in [3.63, 3.8) is 0 Å². The fraction of sp³-hybridized carbons (Fsp3) is 0.680. The lowest BCUT2D eigenvalue weighted by molar-refractivity contribution is 0.0936. The summed E-state index contributed by atoms with van der Waals surface area (Å²) >= 11 is 0. The minimum Gasteiger partial charge on any atom is -0.348 e. The molecule has 0 spiro atoms. The van der Waals surface area contributed by atoms with E-state index in [1.807, 2.05) is 19.1 Å². The van der Waals surface area contributed by atoms with Gasteiger partial charge in [0.2, 0.25) is 0 Å². The molecular formula is C25H36N4O2. The smallest absolute Gasteiger partial charge is 0.251 e. The summed E-state index contributed by atoms with van der Waals surface area (Å²) in [5.41, 5.74) is 2.13. The zero-order valence-corrected chi connectivity index (χ0v) is 18.7. The Bertz CT molecular complexity index is 769. The fourth-order valence-electron chi connectivity index (χ4n) is 5.15. The van der Waals surface area contributed by atoms with Gasteiger partial charge in [-0.25, -0.2) is 0 Å². The fourth-order valence-corrected chi connectivity index (χ4v) is 5.15. The summed E-state index contributed by atoms with van der Waals surface area (Å²) in [6, 6.07) is 5.94. The molecule has 0 aromatic heterocycles. The van der Waals surface area contributed by atoms with Crippen LogP contribution in [0.2, 0.25) is 0 Å². The van der Waals surface area contributed by atoms with E-state index >= 15 is 0 Å². The SMILES string of the molecule is Cc1cc(C(=O)NC2CCN(CC3CC3)C2)cc(C(=O)NC2CCN(CC3CC3)C2)c1. The molecule has 2 atom stereocenters. The average molecular weight is 425 g/mol. The molecule has 2 saturated heterocycles. The molecule has 2 unspecified atom stereocenters. The van der Waals surface area contributed by atoms with Crippen LogP contribution < -0.4 is 10.6 Å². The maximum atomic E-state index is 12.9. The van der Waals surface area contributed by atoms with Crippen LogP contribution in [0.15, 0.2) is 18.2 Å². The zero-order chi connectivity index (χ0) is 21.4. The Kier molecular flexibility index (Phi) is 6.02. The predicted molar refractivity (Wildman–Crippen MR) is 121 cm³/mol. The largest absolute Gasteiger partial charge is 0.348 e. The normalized spacial score (nSPS) is 26.9. The van der Waals surface area contributed by atoms with Gasteiger partial charge in [0.15, 0.2) is 0 Å². The van der Waals surface area contributed by atoms with Gasteiger partial charge in [-0.1, -0.05) is 0 Å². The Balaban J connectivity index is 1.15. The van der Waals surface area contributed by atoms with Gasteiger partial charge in [-0.3, -0.25) is 9.59 Å². The summed E-state index contributed by atoms with van der Waals surface area (Å²) in [6.07, 6.45) is 7.47. The van der Waals surface area contributed by atoms with Crippen LogP contribution >= 0.6 is 0 Å². The second-order valence-corrected chi connectivity index (χ2v) is 10.4. The topological polar surface area (TPSA) is 64.7 Å². The highest BCUT2D eigenvalue weighted by Gasteiger charge is 2.31. The molecule has 6 heteroatoms. The Morgan fingerprint density at radius 2 is 1.23 bits per heavy atom. The monoisotopic (exact) mass is 424 g/mol. The van der Waals surface area contributed by atoms with E-state index in [9.17, 15) is 9.59 Å². The minimum absolute atomic E-state index is 0.0625. The molecule has 6 nitrogen and oxygen atoms in total. The molecule has 4 aliphatic rings. The van der Waals surface area contributed by atoms with Crippen LogP contribution in [0.4, 0.5) is 0 Å². The van der Waals surface area contributed by atoms with E-state index in [1.54, 1.807) is 6.07 Å². The summed E-state index contributed by atoms with van der Waals surface area (Å²) in [7, 11) is 0. The van der Waals surface area contributed by atoms with Crippen molar-refractivity contribution >= 4 is 11.8 Å². The van der Waals surface area contributed by atoms with Crippen molar-refractivity contribution in [3.8, 4) is 0 Å². The molecule has 2 heterocycles. The highest BCUT2D eigenvalue weighted by Crippen LogP contribution is 2.31. The predicted octanol–water partition coefficient (Wildman–Crippen LogP) is 2.42. The second-order valence-electron chi connectivity index (χ2n) is 10.4. The Labute approximate surface area is 185 Å². The number of likely N-dealkylation sites (tertiary alicyclic amines) is 2. The maximum Gasteiger partial charge on any atom is 0.251 e. The van der Waals surface area contributed by atoms with Crippen molar-refractivity contribution in [1.82, 2.24) is 20.4 Å². The lowest BCUT2D eigenvalue weighted by Crippen LogP contribution is -2.38. The molecule has 2 aliphatic heterocycles. The molecule has 0 radical (unpaired) electrons. The molecule has 2 saturated carbocycles. The lowest BCUT2D eigenvalue weighted by Gasteiger charge is -2.17. The minimum atomic E-state index is -0.0625. The first-order chi connectivity index (χ1) is 15.0. The molecule has 4 fully saturated rings. The number of carbonyl (C=O) groups is 2. The van der Waals surface area contributed by atoms with Crippen molar-refractivity contribution in [2.75, 3.05) is 39.3 Å². The Morgan fingerprint density at radius 1 is 0.774 bits per heavy atom. The maximum absolute atomic E-state index is 12.9. The van der Waals surface area contributed by atoms with Crippen LogP contribution in [0.3, 0.4) is 0 Å². The Morgan fingerprint density at radius 3 is 1.65 bits per heavy atom. The number of nitrogens with zero attached hydrogens (tertiary/aromatic N) is 2. The van der Waals surface area contributed by atoms with Crippen molar-refractivity contribution < 1.29 is 9.59 Å². The molecule has 5 rings (SSSR count). The van der Waals surface area contributed by atoms with E-state index in [0.29, 0.717) is 11.1 Å². The standard InChI is InChI=1S/C25H36N4O2/c1-17-10-20(24(30)26-22-6-8-28(15-22)13-18-2-3-18)12-21(11-17)25(31)27-23-7-9-29(16-23)14-19-4-5-19/h10-12,18-19,22-23H,2-9,13-16H2,1H3,(H,26,30)(H,27,31). The number of hydrogen-bond acceptors (Lipinski definition) is 4. The summed E-state index contributed by atoms with van der Waals surface area (Å²) in [4.78, 5) is 30.8. The van der Waals surface area contributed by atoms with Crippen LogP contribution in [0.1, 0.15) is 64.8 Å². The summed E-state index contributed by atoms with van der Waals surface area (Å²) < 4.78 is 0. The van der Waals surface area contributed by atoms with E-state index in [1.165, 1.54) is 38.8 Å². The molecular weight excluding hydrogens is 388 g/mol. The average Bonchev–Trinajstić information content (AvgIpc) is 3.64. The molecule has 31 heavy (non-hydrogen) atoms. The van der Waals surface area contributed by atoms with E-state index in [-0.39, 0.29) is 23.9 Å². The third kappa shape index (κ3) is 5.66. The number of rotatable bonds is 8. The van der Waals surface area contributed by atoms with Gasteiger partial charge in [-0.15, -0.1) is 0 Å². The molecule has 2 N–H and O–H groups in total. The first kappa shape index (κ1) is 21.0. The van der Waals surface area contributed by atoms with Gasteiger partial charge in [0.1, 0.15) is 0 Å². The van der Waals surface area contributed by atoms with Gasteiger partial charge < -0.3 is 20.4 Å². The first-order valence-electron chi connectivity index (χ1n) is 12.2. The van der Waals surface area contributed by atoms with E-state index in [0.717, 1.165) is 56.4 Å². The van der Waals surface area contributed by atoms with Crippen LogP contribution in [-0.2, 0) is 0 Å². The van der Waals surface area contributed by atoms with Crippen molar-refractivity contribution in [2.24, 2.45) is 11.8 Å². The molecule has 1 aromatic rings. The van der Waals surface area contributed by atoms with Crippen molar-refractivity contribution in [2.45, 2.75) is 57.5 Å². The quantitative estimate of drug-likeness (QED) is 0.673. The van der Waals surface area contributed by atoms with Crippen molar-refractivity contribution in [3.05, 3.63) is 34.9 Å². The Hall–Kier alpha value is -1.92. The number of carbonyl (C=O) groups excluding carboxylic acids is 2. The summed E-state index contributed by atoms with van der Waals surface area (Å²) in [5.74, 6) is 1.64. The van der Waals surface area contributed by atoms with Gasteiger partial charge >= 0.3 is 0 Å². The van der Waals surface area contributed by atoms with Gasteiger partial charge in [0.05, 0.1) is 0 Å². The highest BCUT2D eigenvalue weighted by molar-refractivity contribution is 6.00. The third-order valence-corrected chi connectivity index (χ3v) is 7.24. The number of aryl methyl sites for hydroxylation is 1. The van der Waals surface area contributed by atoms with Gasteiger partial charge in [0, 0.05) is 62.5 Å². The van der Waals surface area contributed by atoms with Crippen LogP contribution in [0, 0.1) is 18.8 Å². The van der Waals surface area contributed by atoms with E-state index < -0.39 is 0 Å². The molecule has 2 aliphatic carbocycles. The molecule has 168 valence electrons. The van der Waals surface area contributed by atoms with Crippen molar-refractivity contribution in [1.29, 1.82) is 0 Å².